The third kappa shape index (κ3) is 4.73. The molecule has 0 bridgehead atoms. The molecule has 1 fully saturated rings. The molecule has 1 amide bonds. The van der Waals surface area contributed by atoms with Gasteiger partial charge in [-0.2, -0.15) is 0 Å². The maximum absolute atomic E-state index is 12.3. The van der Waals surface area contributed by atoms with Crippen LogP contribution in [0.5, 0.6) is 0 Å². The van der Waals surface area contributed by atoms with Crippen LogP contribution in [0.25, 0.3) is 0 Å². The maximum Gasteiger partial charge on any atom is 0.251 e. The van der Waals surface area contributed by atoms with E-state index in [1.165, 1.54) is 32.1 Å². The predicted molar refractivity (Wildman–Crippen MR) is 88.6 cm³/mol. The van der Waals surface area contributed by atoms with Gasteiger partial charge in [0.25, 0.3) is 5.91 Å². The average Bonchev–Trinajstić information content (AvgIpc) is 2.47. The van der Waals surface area contributed by atoms with Crippen molar-refractivity contribution in [1.82, 2.24) is 5.32 Å². The number of rotatable bonds is 5. The highest BCUT2D eigenvalue weighted by molar-refractivity contribution is 7.92. The van der Waals surface area contributed by atoms with E-state index in [9.17, 15) is 13.2 Å². The van der Waals surface area contributed by atoms with Gasteiger partial charge in [0.2, 0.25) is 10.0 Å². The van der Waals surface area contributed by atoms with Crippen LogP contribution in [0.1, 0.15) is 48.0 Å². The van der Waals surface area contributed by atoms with Gasteiger partial charge in [-0.3, -0.25) is 9.52 Å². The fourth-order valence-electron chi connectivity index (χ4n) is 2.92. The third-order valence-electron chi connectivity index (χ3n) is 4.15. The molecule has 1 aliphatic rings. The maximum atomic E-state index is 12.3. The van der Waals surface area contributed by atoms with Crippen LogP contribution >= 0.6 is 0 Å². The summed E-state index contributed by atoms with van der Waals surface area (Å²) < 4.78 is 25.2. The van der Waals surface area contributed by atoms with Gasteiger partial charge >= 0.3 is 0 Å². The molecule has 22 heavy (non-hydrogen) atoms. The molecule has 0 heterocycles. The van der Waals surface area contributed by atoms with E-state index >= 15 is 0 Å². The zero-order chi connectivity index (χ0) is 16.2. The first-order chi connectivity index (χ1) is 10.4. The number of carbonyl (C=O) groups is 1. The second kappa shape index (κ2) is 7.13. The minimum atomic E-state index is -3.35. The van der Waals surface area contributed by atoms with E-state index in [4.69, 9.17) is 0 Å². The van der Waals surface area contributed by atoms with Gasteiger partial charge in [-0.1, -0.05) is 25.3 Å². The van der Waals surface area contributed by atoms with Gasteiger partial charge < -0.3 is 5.32 Å². The van der Waals surface area contributed by atoms with E-state index in [2.05, 4.69) is 10.0 Å². The number of amides is 1. The van der Waals surface area contributed by atoms with Crippen molar-refractivity contribution in [3.8, 4) is 0 Å². The van der Waals surface area contributed by atoms with Crippen LogP contribution in [0.2, 0.25) is 0 Å². The summed E-state index contributed by atoms with van der Waals surface area (Å²) in [6.07, 6.45) is 7.23. The summed E-state index contributed by atoms with van der Waals surface area (Å²) in [5.41, 5.74) is 1.62. The Morgan fingerprint density at radius 1 is 1.23 bits per heavy atom. The molecule has 1 aliphatic carbocycles. The van der Waals surface area contributed by atoms with Crippen LogP contribution in [0.4, 0.5) is 5.69 Å². The topological polar surface area (TPSA) is 75.3 Å². The highest BCUT2D eigenvalue weighted by atomic mass is 32.2. The van der Waals surface area contributed by atoms with E-state index in [0.717, 1.165) is 6.26 Å². The lowest BCUT2D eigenvalue weighted by Gasteiger charge is -2.22. The molecule has 0 unspecified atom stereocenters. The van der Waals surface area contributed by atoms with Crippen molar-refractivity contribution in [1.29, 1.82) is 0 Å². The molecule has 5 nitrogen and oxygen atoms in total. The second-order valence-electron chi connectivity index (χ2n) is 6.07. The SMILES string of the molecule is Cc1c(NS(C)(=O)=O)cccc1C(=O)NCC1CCCCC1. The van der Waals surface area contributed by atoms with Gasteiger partial charge in [0.05, 0.1) is 11.9 Å². The van der Waals surface area contributed by atoms with Crippen molar-refractivity contribution in [2.75, 3.05) is 17.5 Å². The molecular formula is C16H24N2O3S. The summed E-state index contributed by atoms with van der Waals surface area (Å²) in [5.74, 6) is 0.426. The van der Waals surface area contributed by atoms with Crippen molar-refractivity contribution in [3.63, 3.8) is 0 Å². The number of benzene rings is 1. The molecular weight excluding hydrogens is 300 g/mol. The summed E-state index contributed by atoms with van der Waals surface area (Å²) in [6.45, 7) is 2.45. The van der Waals surface area contributed by atoms with E-state index in [1.807, 2.05) is 0 Å². The molecule has 0 saturated heterocycles. The molecule has 6 heteroatoms. The second-order valence-corrected chi connectivity index (χ2v) is 7.81. The molecule has 0 atom stereocenters. The van der Waals surface area contributed by atoms with Crippen LogP contribution in [0, 0.1) is 12.8 Å². The average molecular weight is 324 g/mol. The zero-order valence-corrected chi connectivity index (χ0v) is 14.0. The van der Waals surface area contributed by atoms with Crippen molar-refractivity contribution in [2.45, 2.75) is 39.0 Å². The van der Waals surface area contributed by atoms with E-state index in [0.29, 0.717) is 29.3 Å². The number of anilines is 1. The molecule has 2 N–H and O–H groups in total. The number of hydrogen-bond acceptors (Lipinski definition) is 3. The van der Waals surface area contributed by atoms with Crippen molar-refractivity contribution in [3.05, 3.63) is 29.3 Å². The van der Waals surface area contributed by atoms with Crippen molar-refractivity contribution >= 4 is 21.6 Å². The Bertz CT molecular complexity index is 635. The molecule has 2 rings (SSSR count). The Labute approximate surface area is 132 Å². The summed E-state index contributed by atoms with van der Waals surface area (Å²) in [5, 5.41) is 2.98. The number of sulfonamides is 1. The lowest BCUT2D eigenvalue weighted by atomic mass is 9.89. The summed E-state index contributed by atoms with van der Waals surface area (Å²) in [4.78, 5) is 12.3. The first kappa shape index (κ1) is 16.8. The first-order valence-electron chi connectivity index (χ1n) is 7.72. The Kier molecular flexibility index (Phi) is 5.45. The molecule has 0 radical (unpaired) electrons. The standard InChI is InChI=1S/C16H24N2O3S/c1-12-14(9-6-10-15(12)18-22(2,20)21)16(19)17-11-13-7-4-3-5-8-13/h6,9-10,13,18H,3-5,7-8,11H2,1-2H3,(H,17,19). The number of hydrogen-bond donors (Lipinski definition) is 2. The lowest BCUT2D eigenvalue weighted by Crippen LogP contribution is -2.30. The van der Waals surface area contributed by atoms with Crippen LogP contribution in [0.15, 0.2) is 18.2 Å². The summed E-state index contributed by atoms with van der Waals surface area (Å²) in [6, 6.07) is 5.07. The van der Waals surface area contributed by atoms with Gasteiger partial charge in [-0.25, -0.2) is 8.42 Å². The monoisotopic (exact) mass is 324 g/mol. The van der Waals surface area contributed by atoms with Gasteiger partial charge in [0.15, 0.2) is 0 Å². The Balaban J connectivity index is 2.04. The minimum absolute atomic E-state index is 0.139. The molecule has 0 spiro atoms. The Morgan fingerprint density at radius 3 is 2.55 bits per heavy atom. The zero-order valence-electron chi connectivity index (χ0n) is 13.2. The lowest BCUT2D eigenvalue weighted by molar-refractivity contribution is 0.0943. The minimum Gasteiger partial charge on any atom is -0.352 e. The third-order valence-corrected chi connectivity index (χ3v) is 4.74. The van der Waals surface area contributed by atoms with Gasteiger partial charge in [0.1, 0.15) is 0 Å². The number of carbonyl (C=O) groups excluding carboxylic acids is 1. The normalized spacial score (nSPS) is 16.3. The highest BCUT2D eigenvalue weighted by Crippen LogP contribution is 2.23. The molecule has 1 saturated carbocycles. The first-order valence-corrected chi connectivity index (χ1v) is 9.61. The predicted octanol–water partition coefficient (Wildman–Crippen LogP) is 2.68. The van der Waals surface area contributed by atoms with Crippen molar-refractivity contribution < 1.29 is 13.2 Å². The number of nitrogens with one attached hydrogen (secondary N) is 2. The van der Waals surface area contributed by atoms with Gasteiger partial charge in [-0.15, -0.1) is 0 Å². The van der Waals surface area contributed by atoms with Crippen LogP contribution < -0.4 is 10.0 Å². The molecule has 1 aromatic carbocycles. The molecule has 122 valence electrons. The van der Waals surface area contributed by atoms with Crippen LogP contribution in [-0.4, -0.2) is 27.1 Å². The molecule has 0 aliphatic heterocycles. The molecule has 0 aromatic heterocycles. The Morgan fingerprint density at radius 2 is 1.91 bits per heavy atom. The van der Waals surface area contributed by atoms with E-state index in [1.54, 1.807) is 25.1 Å². The Hall–Kier alpha value is -1.56. The van der Waals surface area contributed by atoms with Gasteiger partial charge in [-0.05, 0) is 43.4 Å². The summed E-state index contributed by atoms with van der Waals surface area (Å²) in [7, 11) is -3.35. The quantitative estimate of drug-likeness (QED) is 0.874. The van der Waals surface area contributed by atoms with Crippen LogP contribution in [0.3, 0.4) is 0 Å². The van der Waals surface area contributed by atoms with E-state index in [-0.39, 0.29) is 5.91 Å². The van der Waals surface area contributed by atoms with Crippen molar-refractivity contribution in [2.24, 2.45) is 5.92 Å². The van der Waals surface area contributed by atoms with E-state index < -0.39 is 10.0 Å². The smallest absolute Gasteiger partial charge is 0.251 e. The summed E-state index contributed by atoms with van der Waals surface area (Å²) >= 11 is 0. The highest BCUT2D eigenvalue weighted by Gasteiger charge is 2.17. The van der Waals surface area contributed by atoms with Gasteiger partial charge in [0, 0.05) is 12.1 Å². The van der Waals surface area contributed by atoms with Crippen LogP contribution in [-0.2, 0) is 10.0 Å². The molecule has 1 aromatic rings. The fraction of sp³-hybridized carbons (Fsp3) is 0.562. The largest absolute Gasteiger partial charge is 0.352 e. The fourth-order valence-corrected chi connectivity index (χ4v) is 3.54.